The Morgan fingerprint density at radius 3 is 2.75 bits per heavy atom. The van der Waals surface area contributed by atoms with Crippen molar-refractivity contribution in [1.29, 1.82) is 0 Å². The first-order valence-corrected chi connectivity index (χ1v) is 7.08. The van der Waals surface area contributed by atoms with E-state index in [1.165, 1.54) is 18.2 Å². The molecule has 0 fully saturated rings. The lowest BCUT2D eigenvalue weighted by Gasteiger charge is -2.14. The Morgan fingerprint density at radius 1 is 1.45 bits per heavy atom. The van der Waals surface area contributed by atoms with Gasteiger partial charge in [-0.1, -0.05) is 37.8 Å². The van der Waals surface area contributed by atoms with Gasteiger partial charge in [0.1, 0.15) is 0 Å². The molecule has 0 aliphatic carbocycles. The highest BCUT2D eigenvalue weighted by Gasteiger charge is 2.17. The molecule has 0 spiro atoms. The molecule has 1 atom stereocenters. The molecule has 1 aromatic carbocycles. The minimum Gasteiger partial charge on any atom is -0.350 e. The minimum atomic E-state index is -0.544. The number of nitrogens with one attached hydrogen (secondary N) is 1. The molecule has 1 N–H and O–H groups in total. The van der Waals surface area contributed by atoms with Gasteiger partial charge in [-0.15, -0.1) is 0 Å². The summed E-state index contributed by atoms with van der Waals surface area (Å²) in [5, 5.41) is 13.7. The monoisotopic (exact) mass is 298 g/mol. The van der Waals surface area contributed by atoms with Crippen molar-refractivity contribution in [2.24, 2.45) is 0 Å². The molecule has 0 bridgehead atoms. The van der Waals surface area contributed by atoms with E-state index in [1.54, 1.807) is 0 Å². The number of hydrogen-bond acceptors (Lipinski definition) is 3. The van der Waals surface area contributed by atoms with Crippen LogP contribution in [0, 0.1) is 10.1 Å². The van der Waals surface area contributed by atoms with Crippen molar-refractivity contribution >= 4 is 23.2 Å². The quantitative estimate of drug-likeness (QED) is 0.470. The van der Waals surface area contributed by atoms with Gasteiger partial charge in [-0.05, 0) is 19.4 Å². The smallest absolute Gasteiger partial charge is 0.270 e. The van der Waals surface area contributed by atoms with Gasteiger partial charge in [0, 0.05) is 18.2 Å². The topological polar surface area (TPSA) is 72.2 Å². The van der Waals surface area contributed by atoms with Crippen molar-refractivity contribution in [3.8, 4) is 0 Å². The summed E-state index contributed by atoms with van der Waals surface area (Å²) < 4.78 is 0. The van der Waals surface area contributed by atoms with Crippen LogP contribution >= 0.6 is 11.6 Å². The first-order chi connectivity index (χ1) is 9.45. The molecule has 20 heavy (non-hydrogen) atoms. The van der Waals surface area contributed by atoms with Crippen LogP contribution in [0.3, 0.4) is 0 Å². The Labute approximate surface area is 123 Å². The molecule has 1 unspecified atom stereocenters. The lowest BCUT2D eigenvalue weighted by Crippen LogP contribution is -2.32. The van der Waals surface area contributed by atoms with Crippen LogP contribution < -0.4 is 5.32 Å². The zero-order valence-corrected chi connectivity index (χ0v) is 12.4. The van der Waals surface area contributed by atoms with E-state index in [4.69, 9.17) is 11.6 Å². The van der Waals surface area contributed by atoms with Crippen LogP contribution in [0.4, 0.5) is 5.69 Å². The Kier molecular flexibility index (Phi) is 6.45. The molecule has 110 valence electrons. The van der Waals surface area contributed by atoms with Crippen molar-refractivity contribution in [1.82, 2.24) is 5.32 Å². The highest BCUT2D eigenvalue weighted by atomic mass is 35.5. The maximum absolute atomic E-state index is 12.1. The number of nitro benzene ring substituents is 1. The van der Waals surface area contributed by atoms with Crippen molar-refractivity contribution in [3.63, 3.8) is 0 Å². The summed E-state index contributed by atoms with van der Waals surface area (Å²) in [6.45, 7) is 4.03. The van der Waals surface area contributed by atoms with Crippen LogP contribution in [-0.2, 0) is 0 Å². The van der Waals surface area contributed by atoms with Crippen LogP contribution in [0.25, 0.3) is 0 Å². The Bertz CT molecular complexity index is 491. The summed E-state index contributed by atoms with van der Waals surface area (Å²) in [5.41, 5.74) is 0.00129. The number of nitrogens with zero attached hydrogens (tertiary/aromatic N) is 1. The molecule has 0 aliphatic rings. The number of unbranched alkanes of at least 4 members (excludes halogenated alkanes) is 2. The highest BCUT2D eigenvalue weighted by Crippen LogP contribution is 2.22. The van der Waals surface area contributed by atoms with Crippen molar-refractivity contribution < 1.29 is 9.72 Å². The number of non-ortho nitro benzene ring substituents is 1. The average molecular weight is 299 g/mol. The predicted octanol–water partition coefficient (Wildman–Crippen LogP) is 3.95. The fourth-order valence-corrected chi connectivity index (χ4v) is 2.08. The third-order valence-corrected chi connectivity index (χ3v) is 3.35. The van der Waals surface area contributed by atoms with Crippen LogP contribution in [0.2, 0.25) is 5.02 Å². The molecular formula is C14H19ClN2O3. The van der Waals surface area contributed by atoms with Gasteiger partial charge in [-0.2, -0.15) is 0 Å². The summed E-state index contributed by atoms with van der Waals surface area (Å²) in [7, 11) is 0. The summed E-state index contributed by atoms with van der Waals surface area (Å²) in [6.07, 6.45) is 4.17. The summed E-state index contributed by atoms with van der Waals surface area (Å²) in [5.74, 6) is -0.373. The number of carbonyl (C=O) groups excluding carboxylic acids is 1. The Hall–Kier alpha value is -1.62. The molecule has 1 rings (SSSR count). The third kappa shape index (κ3) is 4.81. The van der Waals surface area contributed by atoms with E-state index in [9.17, 15) is 14.9 Å². The van der Waals surface area contributed by atoms with Crippen molar-refractivity contribution in [2.45, 2.75) is 45.6 Å². The van der Waals surface area contributed by atoms with Gasteiger partial charge < -0.3 is 5.32 Å². The highest BCUT2D eigenvalue weighted by molar-refractivity contribution is 6.33. The lowest BCUT2D eigenvalue weighted by molar-refractivity contribution is -0.384. The Balaban J connectivity index is 2.71. The van der Waals surface area contributed by atoms with E-state index in [1.807, 2.05) is 6.92 Å². The summed E-state index contributed by atoms with van der Waals surface area (Å²) in [6, 6.07) is 3.88. The van der Waals surface area contributed by atoms with Gasteiger partial charge in [-0.25, -0.2) is 0 Å². The molecule has 5 nitrogen and oxygen atoms in total. The fourth-order valence-electron chi connectivity index (χ4n) is 1.88. The van der Waals surface area contributed by atoms with Crippen LogP contribution in [0.1, 0.15) is 49.9 Å². The number of benzene rings is 1. The number of amides is 1. The molecule has 0 aromatic heterocycles. The molecule has 0 radical (unpaired) electrons. The van der Waals surface area contributed by atoms with E-state index in [0.29, 0.717) is 0 Å². The molecule has 6 heteroatoms. The van der Waals surface area contributed by atoms with E-state index in [2.05, 4.69) is 12.2 Å². The fraction of sp³-hybridized carbons (Fsp3) is 0.500. The number of carbonyl (C=O) groups is 1. The number of halogens is 1. The molecule has 1 amide bonds. The zero-order chi connectivity index (χ0) is 15.1. The van der Waals surface area contributed by atoms with Crippen molar-refractivity contribution in [3.05, 3.63) is 38.9 Å². The number of hydrogen-bond donors (Lipinski definition) is 1. The van der Waals surface area contributed by atoms with Gasteiger partial charge >= 0.3 is 0 Å². The van der Waals surface area contributed by atoms with Gasteiger partial charge in [0.2, 0.25) is 0 Å². The van der Waals surface area contributed by atoms with Crippen molar-refractivity contribution in [2.75, 3.05) is 0 Å². The zero-order valence-electron chi connectivity index (χ0n) is 11.7. The number of nitro groups is 1. The average Bonchev–Trinajstić information content (AvgIpc) is 2.39. The van der Waals surface area contributed by atoms with Crippen LogP contribution in [0.5, 0.6) is 0 Å². The molecule has 1 aromatic rings. The van der Waals surface area contributed by atoms with Gasteiger partial charge in [-0.3, -0.25) is 14.9 Å². The molecule has 0 heterocycles. The second-order valence-corrected chi connectivity index (χ2v) is 5.20. The maximum Gasteiger partial charge on any atom is 0.270 e. The standard InChI is InChI=1S/C14H19ClN2O3/c1-3-4-5-6-10(2)16-14(18)12-9-11(17(19)20)7-8-13(12)15/h7-10H,3-6H2,1-2H3,(H,16,18). The van der Waals surface area contributed by atoms with Crippen LogP contribution in [0.15, 0.2) is 18.2 Å². The first-order valence-electron chi connectivity index (χ1n) is 6.70. The third-order valence-electron chi connectivity index (χ3n) is 3.02. The second-order valence-electron chi connectivity index (χ2n) is 4.79. The largest absolute Gasteiger partial charge is 0.350 e. The molecule has 0 saturated carbocycles. The van der Waals surface area contributed by atoms with E-state index < -0.39 is 4.92 Å². The first kappa shape index (κ1) is 16.4. The SMILES string of the molecule is CCCCCC(C)NC(=O)c1cc([N+](=O)[O-])ccc1Cl. The molecule has 0 saturated heterocycles. The minimum absolute atomic E-state index is 0.0179. The van der Waals surface area contributed by atoms with Gasteiger partial charge in [0.25, 0.3) is 11.6 Å². The summed E-state index contributed by atoms with van der Waals surface area (Å²) >= 11 is 5.92. The van der Waals surface area contributed by atoms with E-state index in [-0.39, 0.29) is 28.2 Å². The van der Waals surface area contributed by atoms with E-state index in [0.717, 1.165) is 25.7 Å². The number of rotatable bonds is 7. The van der Waals surface area contributed by atoms with Gasteiger partial charge in [0.15, 0.2) is 0 Å². The molecule has 0 aliphatic heterocycles. The molecular weight excluding hydrogens is 280 g/mol. The second kappa shape index (κ2) is 7.85. The normalized spacial score (nSPS) is 11.9. The predicted molar refractivity (Wildman–Crippen MR) is 79.2 cm³/mol. The Morgan fingerprint density at radius 2 is 2.15 bits per heavy atom. The van der Waals surface area contributed by atoms with Gasteiger partial charge in [0.05, 0.1) is 15.5 Å². The lowest BCUT2D eigenvalue weighted by atomic mass is 10.1. The van der Waals surface area contributed by atoms with Crippen LogP contribution in [-0.4, -0.2) is 16.9 Å². The van der Waals surface area contributed by atoms with E-state index >= 15 is 0 Å². The maximum atomic E-state index is 12.1. The summed E-state index contributed by atoms with van der Waals surface area (Å²) in [4.78, 5) is 22.2.